The minimum atomic E-state index is 0.0761. The van der Waals surface area contributed by atoms with Crippen LogP contribution in [0.4, 0.5) is 5.69 Å². The maximum atomic E-state index is 5.91. The summed E-state index contributed by atoms with van der Waals surface area (Å²) < 4.78 is 1.11. The summed E-state index contributed by atoms with van der Waals surface area (Å²) in [7, 11) is 2.17. The van der Waals surface area contributed by atoms with Gasteiger partial charge in [0.1, 0.15) is 0 Å². The fraction of sp³-hybridized carbons (Fsp3) is 0.571. The highest BCUT2D eigenvalue weighted by Gasteiger charge is 2.33. The molecule has 1 aliphatic rings. The lowest BCUT2D eigenvalue weighted by Gasteiger charge is -2.21. The van der Waals surface area contributed by atoms with Crippen LogP contribution >= 0.6 is 15.9 Å². The van der Waals surface area contributed by atoms with Crippen LogP contribution in [0.5, 0.6) is 0 Å². The normalized spacial score (nSPS) is 24.5. The molecule has 1 aromatic carbocycles. The Balaban J connectivity index is 2.08. The molecule has 1 saturated carbocycles. The van der Waals surface area contributed by atoms with Gasteiger partial charge in [-0.05, 0) is 42.9 Å². The Morgan fingerprint density at radius 3 is 2.65 bits per heavy atom. The van der Waals surface area contributed by atoms with Crippen LogP contribution in [0.25, 0.3) is 0 Å². The number of benzene rings is 1. The molecule has 3 heteroatoms. The van der Waals surface area contributed by atoms with Crippen LogP contribution in [-0.4, -0.2) is 13.6 Å². The van der Waals surface area contributed by atoms with Crippen molar-refractivity contribution in [3.8, 4) is 0 Å². The van der Waals surface area contributed by atoms with E-state index in [2.05, 4.69) is 53.0 Å². The van der Waals surface area contributed by atoms with Crippen molar-refractivity contribution in [2.24, 2.45) is 17.6 Å². The summed E-state index contributed by atoms with van der Waals surface area (Å²) in [6, 6.07) is 6.53. The Morgan fingerprint density at radius 1 is 1.53 bits per heavy atom. The molecule has 0 saturated heterocycles. The molecule has 2 nitrogen and oxygen atoms in total. The summed E-state index contributed by atoms with van der Waals surface area (Å²) in [5, 5.41) is 0. The average Bonchev–Trinajstić information content (AvgIpc) is 2.93. The summed E-state index contributed by atoms with van der Waals surface area (Å²) in [4.78, 5) is 2.34. The second-order valence-electron chi connectivity index (χ2n) is 5.35. The third kappa shape index (κ3) is 3.02. The van der Waals surface area contributed by atoms with Crippen molar-refractivity contribution in [3.63, 3.8) is 0 Å². The van der Waals surface area contributed by atoms with Gasteiger partial charge in [-0.3, -0.25) is 0 Å². The summed E-state index contributed by atoms with van der Waals surface area (Å²) in [5.41, 5.74) is 8.34. The first-order chi connectivity index (χ1) is 7.99. The molecule has 2 rings (SSSR count). The van der Waals surface area contributed by atoms with E-state index in [1.165, 1.54) is 17.7 Å². The first kappa shape index (κ1) is 12.9. The fourth-order valence-electron chi connectivity index (χ4n) is 2.23. The number of hydrogen-bond donors (Lipinski definition) is 1. The molecule has 3 atom stereocenters. The van der Waals surface area contributed by atoms with Gasteiger partial charge in [0.15, 0.2) is 0 Å². The van der Waals surface area contributed by atoms with E-state index in [9.17, 15) is 0 Å². The summed E-state index contributed by atoms with van der Waals surface area (Å²) in [6.07, 6.45) is 1.38. The Hall–Kier alpha value is -0.540. The maximum Gasteiger partial charge on any atom is 0.0375 e. The molecular formula is C14H21BrN2. The van der Waals surface area contributed by atoms with E-state index in [1.807, 2.05) is 6.92 Å². The van der Waals surface area contributed by atoms with Crippen LogP contribution in [0.15, 0.2) is 22.7 Å². The van der Waals surface area contributed by atoms with Crippen LogP contribution in [0, 0.1) is 11.8 Å². The quantitative estimate of drug-likeness (QED) is 0.920. The minimum absolute atomic E-state index is 0.0761. The van der Waals surface area contributed by atoms with Crippen LogP contribution in [-0.2, 0) is 0 Å². The van der Waals surface area contributed by atoms with Crippen LogP contribution < -0.4 is 10.6 Å². The number of nitrogens with two attached hydrogens (primary N) is 1. The van der Waals surface area contributed by atoms with E-state index in [0.717, 1.165) is 22.9 Å². The monoisotopic (exact) mass is 296 g/mol. The highest BCUT2D eigenvalue weighted by Crippen LogP contribution is 2.39. The Labute approximate surface area is 112 Å². The van der Waals surface area contributed by atoms with Crippen LogP contribution in [0.3, 0.4) is 0 Å². The van der Waals surface area contributed by atoms with Crippen molar-refractivity contribution >= 4 is 21.6 Å². The third-order valence-electron chi connectivity index (χ3n) is 3.70. The molecule has 0 bridgehead atoms. The van der Waals surface area contributed by atoms with Gasteiger partial charge in [0.2, 0.25) is 0 Å². The first-order valence-electron chi connectivity index (χ1n) is 6.25. The van der Waals surface area contributed by atoms with Crippen molar-refractivity contribution in [1.82, 2.24) is 0 Å². The lowest BCUT2D eigenvalue weighted by atomic mass is 10.1. The first-order valence-corrected chi connectivity index (χ1v) is 7.04. The molecule has 0 spiro atoms. The molecular weight excluding hydrogens is 276 g/mol. The van der Waals surface area contributed by atoms with E-state index in [-0.39, 0.29) is 6.04 Å². The lowest BCUT2D eigenvalue weighted by Crippen LogP contribution is -2.20. The smallest absolute Gasteiger partial charge is 0.0375 e. The van der Waals surface area contributed by atoms with Crippen molar-refractivity contribution in [1.29, 1.82) is 0 Å². The van der Waals surface area contributed by atoms with Gasteiger partial charge >= 0.3 is 0 Å². The summed E-state index contributed by atoms with van der Waals surface area (Å²) >= 11 is 3.60. The molecule has 1 aromatic rings. The molecule has 0 amide bonds. The molecule has 17 heavy (non-hydrogen) atoms. The van der Waals surface area contributed by atoms with Gasteiger partial charge in [-0.2, -0.15) is 0 Å². The van der Waals surface area contributed by atoms with Gasteiger partial charge in [-0.15, -0.1) is 0 Å². The van der Waals surface area contributed by atoms with E-state index in [1.54, 1.807) is 0 Å². The van der Waals surface area contributed by atoms with Crippen LogP contribution in [0.2, 0.25) is 0 Å². The molecule has 0 aromatic heterocycles. The Kier molecular flexibility index (Phi) is 3.79. The number of rotatable bonds is 4. The number of hydrogen-bond acceptors (Lipinski definition) is 2. The summed E-state index contributed by atoms with van der Waals surface area (Å²) in [6.45, 7) is 5.49. The number of nitrogens with zero attached hydrogens (tertiary/aromatic N) is 1. The number of halogens is 1. The Morgan fingerprint density at radius 2 is 2.18 bits per heavy atom. The molecule has 1 aliphatic carbocycles. The number of anilines is 1. The van der Waals surface area contributed by atoms with E-state index >= 15 is 0 Å². The highest BCUT2D eigenvalue weighted by molar-refractivity contribution is 9.10. The zero-order chi connectivity index (χ0) is 12.6. The zero-order valence-electron chi connectivity index (χ0n) is 10.8. The lowest BCUT2D eigenvalue weighted by molar-refractivity contribution is 0.724. The van der Waals surface area contributed by atoms with E-state index in [4.69, 9.17) is 5.73 Å². The largest absolute Gasteiger partial charge is 0.374 e. The second-order valence-corrected chi connectivity index (χ2v) is 6.20. The zero-order valence-corrected chi connectivity index (χ0v) is 12.4. The fourth-order valence-corrected chi connectivity index (χ4v) is 2.96. The van der Waals surface area contributed by atoms with Crippen molar-refractivity contribution < 1.29 is 0 Å². The molecule has 2 unspecified atom stereocenters. The Bertz CT molecular complexity index is 403. The SMILES string of the molecule is CC1CC1CN(C)c1ccc([C@H](C)N)c(Br)c1. The summed E-state index contributed by atoms with van der Waals surface area (Å²) in [5.74, 6) is 1.79. The van der Waals surface area contributed by atoms with Crippen LogP contribution in [0.1, 0.15) is 31.9 Å². The van der Waals surface area contributed by atoms with Gasteiger partial charge in [-0.1, -0.05) is 28.9 Å². The minimum Gasteiger partial charge on any atom is -0.374 e. The van der Waals surface area contributed by atoms with Gasteiger partial charge in [-0.25, -0.2) is 0 Å². The predicted octanol–water partition coefficient (Wildman–Crippen LogP) is 3.56. The van der Waals surface area contributed by atoms with Crippen molar-refractivity contribution in [3.05, 3.63) is 28.2 Å². The van der Waals surface area contributed by atoms with Gasteiger partial charge in [0, 0.05) is 29.8 Å². The standard InChI is InChI=1S/C14H21BrN2/c1-9-6-11(9)8-17(3)12-4-5-13(10(2)16)14(15)7-12/h4-5,7,9-11H,6,8,16H2,1-3H3/t9?,10-,11?/m0/s1. The van der Waals surface area contributed by atoms with Crippen molar-refractivity contribution in [2.45, 2.75) is 26.3 Å². The van der Waals surface area contributed by atoms with E-state index in [0.29, 0.717) is 0 Å². The van der Waals surface area contributed by atoms with Crippen molar-refractivity contribution in [2.75, 3.05) is 18.5 Å². The van der Waals surface area contributed by atoms with E-state index < -0.39 is 0 Å². The average molecular weight is 297 g/mol. The van der Waals surface area contributed by atoms with Gasteiger partial charge in [0.05, 0.1) is 0 Å². The molecule has 0 heterocycles. The van der Waals surface area contributed by atoms with Gasteiger partial charge in [0.25, 0.3) is 0 Å². The third-order valence-corrected chi connectivity index (χ3v) is 4.39. The second kappa shape index (κ2) is 4.99. The maximum absolute atomic E-state index is 5.91. The molecule has 1 fully saturated rings. The molecule has 94 valence electrons. The molecule has 0 aliphatic heterocycles. The topological polar surface area (TPSA) is 29.3 Å². The molecule has 2 N–H and O–H groups in total. The predicted molar refractivity (Wildman–Crippen MR) is 77.3 cm³/mol. The molecule has 0 radical (unpaired) electrons. The highest BCUT2D eigenvalue weighted by atomic mass is 79.9. The van der Waals surface area contributed by atoms with Gasteiger partial charge < -0.3 is 10.6 Å².